The van der Waals surface area contributed by atoms with Gasteiger partial charge in [-0.2, -0.15) is 8.42 Å². The number of nitrogens with zero attached hydrogens (tertiary/aromatic N) is 1. The van der Waals surface area contributed by atoms with Crippen molar-refractivity contribution in [2.45, 2.75) is 79.2 Å². The zero-order chi connectivity index (χ0) is 20.6. The number of hydrogen-bond acceptors (Lipinski definition) is 2. The van der Waals surface area contributed by atoms with E-state index in [9.17, 15) is 8.42 Å². The fraction of sp³-hybridized carbons (Fsp3) is 0.727. The summed E-state index contributed by atoms with van der Waals surface area (Å²) in [6, 6.07) is 11.1. The van der Waals surface area contributed by atoms with Gasteiger partial charge in [0.25, 0.3) is 10.1 Å². The van der Waals surface area contributed by atoms with Crippen LogP contribution in [0.15, 0.2) is 30.3 Å². The summed E-state index contributed by atoms with van der Waals surface area (Å²) in [4.78, 5) is 0. The van der Waals surface area contributed by atoms with E-state index >= 15 is 0 Å². The average molecular weight is 401 g/mol. The lowest BCUT2D eigenvalue weighted by Crippen LogP contribution is -2.49. The molecule has 0 radical (unpaired) electrons. The van der Waals surface area contributed by atoms with Crippen LogP contribution in [0.25, 0.3) is 0 Å². The Morgan fingerprint density at radius 3 is 1.52 bits per heavy atom. The van der Waals surface area contributed by atoms with E-state index in [1.54, 1.807) is 6.92 Å². The van der Waals surface area contributed by atoms with E-state index in [-0.39, 0.29) is 5.75 Å². The van der Waals surface area contributed by atoms with E-state index < -0.39 is 10.1 Å². The Labute approximate surface area is 168 Å². The van der Waals surface area contributed by atoms with Gasteiger partial charge in [-0.15, -0.1) is 0 Å². The highest BCUT2D eigenvalue weighted by Crippen LogP contribution is 2.19. The van der Waals surface area contributed by atoms with Crippen molar-refractivity contribution in [3.05, 3.63) is 35.9 Å². The van der Waals surface area contributed by atoms with E-state index in [1.807, 2.05) is 0 Å². The highest BCUT2D eigenvalue weighted by Gasteiger charge is 2.25. The van der Waals surface area contributed by atoms with Gasteiger partial charge in [0.15, 0.2) is 0 Å². The lowest BCUT2D eigenvalue weighted by Gasteiger charge is -2.39. The van der Waals surface area contributed by atoms with E-state index in [1.165, 1.54) is 74.8 Å². The average Bonchev–Trinajstić information content (AvgIpc) is 2.63. The molecule has 0 saturated carbocycles. The second-order valence-electron chi connectivity index (χ2n) is 7.50. The number of hydrogen-bond donors (Lipinski definition) is 1. The Morgan fingerprint density at radius 2 is 1.22 bits per heavy atom. The summed E-state index contributed by atoms with van der Waals surface area (Å²) >= 11 is 0. The second kappa shape index (κ2) is 15.1. The van der Waals surface area contributed by atoms with Crippen molar-refractivity contribution in [2.24, 2.45) is 0 Å². The molecule has 1 aromatic carbocycles. The van der Waals surface area contributed by atoms with Gasteiger partial charge in [-0.05, 0) is 25.7 Å². The van der Waals surface area contributed by atoms with Crippen LogP contribution < -0.4 is 0 Å². The molecule has 0 saturated heterocycles. The molecule has 0 aliphatic carbocycles. The normalized spacial score (nSPS) is 11.7. The van der Waals surface area contributed by atoms with Crippen LogP contribution >= 0.6 is 0 Å². The third-order valence-corrected chi connectivity index (χ3v) is 5.71. The summed E-state index contributed by atoms with van der Waals surface area (Å²) in [6.07, 6.45) is 8.49. The van der Waals surface area contributed by atoms with Crippen LogP contribution in [0, 0.1) is 0 Å². The van der Waals surface area contributed by atoms with Crippen molar-refractivity contribution >= 4 is 10.1 Å². The van der Waals surface area contributed by atoms with Crippen molar-refractivity contribution in [1.29, 1.82) is 0 Å². The number of quaternary nitrogens is 1. The molecule has 0 heterocycles. The molecule has 0 fully saturated rings. The highest BCUT2D eigenvalue weighted by atomic mass is 32.2. The minimum atomic E-state index is -3.67. The zero-order valence-corrected chi connectivity index (χ0v) is 18.8. The van der Waals surface area contributed by atoms with E-state index in [2.05, 4.69) is 51.1 Å². The topological polar surface area (TPSA) is 54.4 Å². The Hall–Kier alpha value is -0.910. The number of rotatable bonds is 13. The van der Waals surface area contributed by atoms with Gasteiger partial charge in [-0.3, -0.25) is 4.55 Å². The van der Waals surface area contributed by atoms with Crippen molar-refractivity contribution in [1.82, 2.24) is 0 Å². The zero-order valence-electron chi connectivity index (χ0n) is 18.0. The largest absolute Gasteiger partial charge is 0.320 e. The molecule has 0 aromatic heterocycles. The Bertz CT molecular complexity index is 536. The summed E-state index contributed by atoms with van der Waals surface area (Å²) in [6.45, 7) is 13.9. The second-order valence-corrected chi connectivity index (χ2v) is 9.07. The van der Waals surface area contributed by atoms with Crippen LogP contribution in [-0.4, -0.2) is 42.8 Å². The fourth-order valence-corrected chi connectivity index (χ4v) is 3.80. The standard InChI is InChI=1S/C19H34N.C3H8O3S/c1-4-7-15-20(16-8-5-2,17-9-6-3)18-19-13-11-10-12-14-19;1-2-3-7(4,5)6/h10-14H,4-9,15-18H2,1-3H3;2-3H2,1H3,(H,4,5,6)/q+1;. The summed E-state index contributed by atoms with van der Waals surface area (Å²) in [7, 11) is -3.67. The van der Waals surface area contributed by atoms with E-state index in [4.69, 9.17) is 4.55 Å². The lowest BCUT2D eigenvalue weighted by atomic mass is 10.1. The van der Waals surface area contributed by atoms with E-state index in [0.29, 0.717) is 6.42 Å². The van der Waals surface area contributed by atoms with Gasteiger partial charge in [-0.25, -0.2) is 0 Å². The first-order valence-electron chi connectivity index (χ1n) is 10.7. The Morgan fingerprint density at radius 1 is 0.778 bits per heavy atom. The molecular weight excluding hydrogens is 358 g/mol. The number of benzene rings is 1. The van der Waals surface area contributed by atoms with Gasteiger partial charge < -0.3 is 4.48 Å². The van der Waals surface area contributed by atoms with Crippen molar-refractivity contribution in [3.8, 4) is 0 Å². The predicted molar refractivity (Wildman–Crippen MR) is 116 cm³/mol. The molecule has 0 unspecified atom stereocenters. The SMILES string of the molecule is CCCC[N+](CCCC)(CCCC)Cc1ccccc1.CCCS(=O)(=O)O. The first-order chi connectivity index (χ1) is 12.8. The molecular formula is C22H42NO3S+. The molecule has 1 N–H and O–H groups in total. The van der Waals surface area contributed by atoms with Crippen molar-refractivity contribution in [2.75, 3.05) is 25.4 Å². The minimum absolute atomic E-state index is 0.132. The van der Waals surface area contributed by atoms with Crippen molar-refractivity contribution in [3.63, 3.8) is 0 Å². The quantitative estimate of drug-likeness (QED) is 0.342. The molecule has 0 amide bonds. The number of unbranched alkanes of at least 4 members (excludes halogenated alkanes) is 3. The smallest absolute Gasteiger partial charge is 0.264 e. The van der Waals surface area contributed by atoms with Gasteiger partial charge >= 0.3 is 0 Å². The van der Waals surface area contributed by atoms with Gasteiger partial charge in [0.05, 0.1) is 25.4 Å². The maximum atomic E-state index is 9.79. The third kappa shape index (κ3) is 13.8. The highest BCUT2D eigenvalue weighted by molar-refractivity contribution is 7.85. The van der Waals surface area contributed by atoms with Crippen LogP contribution in [0.4, 0.5) is 0 Å². The molecule has 0 spiro atoms. The van der Waals surface area contributed by atoms with Crippen LogP contribution in [0.2, 0.25) is 0 Å². The summed E-state index contributed by atoms with van der Waals surface area (Å²) in [5.41, 5.74) is 1.51. The van der Waals surface area contributed by atoms with Gasteiger partial charge in [0, 0.05) is 5.56 Å². The van der Waals surface area contributed by atoms with Crippen LogP contribution in [0.3, 0.4) is 0 Å². The summed E-state index contributed by atoms with van der Waals surface area (Å²) in [5.74, 6) is -0.132. The van der Waals surface area contributed by atoms with Gasteiger partial charge in [-0.1, -0.05) is 77.3 Å². The molecule has 0 aliphatic rings. The fourth-order valence-electron chi connectivity index (χ4n) is 3.28. The molecule has 4 nitrogen and oxygen atoms in total. The molecule has 1 rings (SSSR count). The maximum Gasteiger partial charge on any atom is 0.264 e. The van der Waals surface area contributed by atoms with Gasteiger partial charge in [0.1, 0.15) is 6.54 Å². The van der Waals surface area contributed by atoms with Crippen LogP contribution in [-0.2, 0) is 16.7 Å². The van der Waals surface area contributed by atoms with Gasteiger partial charge in [0.2, 0.25) is 0 Å². The monoisotopic (exact) mass is 400 g/mol. The first kappa shape index (κ1) is 26.1. The van der Waals surface area contributed by atoms with E-state index in [0.717, 1.165) is 0 Å². The lowest BCUT2D eigenvalue weighted by molar-refractivity contribution is -0.941. The predicted octanol–water partition coefficient (Wildman–Crippen LogP) is 5.69. The molecule has 27 heavy (non-hydrogen) atoms. The Balaban J connectivity index is 0.000000821. The molecule has 158 valence electrons. The first-order valence-corrected chi connectivity index (χ1v) is 12.3. The van der Waals surface area contributed by atoms with Crippen LogP contribution in [0.1, 0.15) is 78.2 Å². The minimum Gasteiger partial charge on any atom is -0.320 e. The van der Waals surface area contributed by atoms with Crippen molar-refractivity contribution < 1.29 is 17.5 Å². The Kier molecular flexibility index (Phi) is 14.6. The molecule has 1 aromatic rings. The maximum absolute atomic E-state index is 9.79. The molecule has 0 aliphatic heterocycles. The molecule has 0 bridgehead atoms. The third-order valence-electron chi connectivity index (χ3n) is 4.78. The molecule has 5 heteroatoms. The molecule has 0 atom stereocenters. The van der Waals surface area contributed by atoms with Crippen LogP contribution in [0.5, 0.6) is 0 Å². The summed E-state index contributed by atoms with van der Waals surface area (Å²) in [5, 5.41) is 0. The summed E-state index contributed by atoms with van der Waals surface area (Å²) < 4.78 is 28.9.